The number of hydrogen-bond acceptors (Lipinski definition) is 6. The van der Waals surface area contributed by atoms with Crippen LogP contribution in [0.2, 0.25) is 0 Å². The molecule has 0 aliphatic carbocycles. The minimum atomic E-state index is -0.547. The number of benzene rings is 4. The lowest BCUT2D eigenvalue weighted by Crippen LogP contribution is -2.48. The summed E-state index contributed by atoms with van der Waals surface area (Å²) in [5.74, 6) is 0.00651. The number of ether oxygens (including phenoxy) is 2. The van der Waals surface area contributed by atoms with Gasteiger partial charge in [0.15, 0.2) is 5.75 Å². The molecule has 1 fully saturated rings. The van der Waals surface area contributed by atoms with E-state index >= 15 is 0 Å². The highest BCUT2D eigenvalue weighted by atomic mass is 19.1. The molecular weight excluding hydrogens is 607 g/mol. The van der Waals surface area contributed by atoms with Crippen LogP contribution in [0.5, 0.6) is 11.5 Å². The van der Waals surface area contributed by atoms with E-state index in [-0.39, 0.29) is 24.8 Å². The molecule has 0 N–H and O–H groups in total. The Morgan fingerprint density at radius 3 is 2.08 bits per heavy atom. The SMILES string of the molecule is CC.CN1CCN(C(=O)Oc2c3c(c(OC(c4ccccc4)c4ccccc4)c4ncccc24)C(=O)N(Cc2ccc(F)cc2)C3)CC1. The Kier molecular flexibility index (Phi) is 9.96. The first-order chi connectivity index (χ1) is 23.5. The van der Waals surface area contributed by atoms with Gasteiger partial charge < -0.3 is 24.2 Å². The molecule has 2 amide bonds. The van der Waals surface area contributed by atoms with Crippen molar-refractivity contribution in [2.45, 2.75) is 33.0 Å². The van der Waals surface area contributed by atoms with Gasteiger partial charge in [0.1, 0.15) is 23.2 Å². The van der Waals surface area contributed by atoms with Crippen molar-refractivity contribution in [1.82, 2.24) is 19.7 Å². The van der Waals surface area contributed by atoms with Crippen LogP contribution in [0.25, 0.3) is 10.9 Å². The monoisotopic (exact) mass is 646 g/mol. The summed E-state index contributed by atoms with van der Waals surface area (Å²) < 4.78 is 26.8. The van der Waals surface area contributed by atoms with Crippen molar-refractivity contribution < 1.29 is 23.5 Å². The third-order valence-electron chi connectivity index (χ3n) is 8.60. The van der Waals surface area contributed by atoms with Gasteiger partial charge in [-0.15, -0.1) is 0 Å². The Balaban J connectivity index is 0.00000197. The van der Waals surface area contributed by atoms with Crippen LogP contribution in [-0.4, -0.2) is 64.9 Å². The first kappa shape index (κ1) is 32.7. The fourth-order valence-electron chi connectivity index (χ4n) is 6.11. The summed E-state index contributed by atoms with van der Waals surface area (Å²) in [6, 6.07) is 29.4. The van der Waals surface area contributed by atoms with Gasteiger partial charge in [-0.1, -0.05) is 86.6 Å². The van der Waals surface area contributed by atoms with Crippen molar-refractivity contribution in [3.63, 3.8) is 0 Å². The highest BCUT2D eigenvalue weighted by molar-refractivity contribution is 6.09. The summed E-state index contributed by atoms with van der Waals surface area (Å²) in [6.45, 7) is 6.99. The maximum atomic E-state index is 14.4. The van der Waals surface area contributed by atoms with E-state index in [2.05, 4.69) is 4.90 Å². The molecule has 4 aromatic carbocycles. The molecule has 3 heterocycles. The molecule has 0 radical (unpaired) electrons. The third kappa shape index (κ3) is 6.73. The molecule has 2 aliphatic rings. The van der Waals surface area contributed by atoms with Crippen LogP contribution < -0.4 is 9.47 Å². The van der Waals surface area contributed by atoms with E-state index in [1.54, 1.807) is 34.2 Å². The summed E-state index contributed by atoms with van der Waals surface area (Å²) in [5, 5.41) is 0.579. The van der Waals surface area contributed by atoms with Crippen LogP contribution in [-0.2, 0) is 13.1 Å². The summed E-state index contributed by atoms with van der Waals surface area (Å²) in [7, 11) is 2.02. The van der Waals surface area contributed by atoms with E-state index in [1.165, 1.54) is 12.1 Å². The molecule has 246 valence electrons. The second-order valence-electron chi connectivity index (χ2n) is 11.7. The van der Waals surface area contributed by atoms with Crippen molar-refractivity contribution in [1.29, 1.82) is 0 Å². The molecule has 0 unspecified atom stereocenters. The highest BCUT2D eigenvalue weighted by Gasteiger charge is 2.38. The molecule has 1 saturated heterocycles. The van der Waals surface area contributed by atoms with Gasteiger partial charge in [0.2, 0.25) is 0 Å². The Labute approximate surface area is 280 Å². The number of aromatic nitrogens is 1. The molecule has 0 saturated carbocycles. The zero-order chi connectivity index (χ0) is 33.6. The normalized spacial score (nSPS) is 14.5. The average molecular weight is 647 g/mol. The third-order valence-corrected chi connectivity index (χ3v) is 8.60. The number of rotatable bonds is 7. The highest BCUT2D eigenvalue weighted by Crippen LogP contribution is 2.46. The maximum absolute atomic E-state index is 14.4. The molecule has 1 aromatic heterocycles. The summed E-state index contributed by atoms with van der Waals surface area (Å²) >= 11 is 0. The maximum Gasteiger partial charge on any atom is 0.415 e. The number of pyridine rings is 1. The number of amides is 2. The first-order valence-corrected chi connectivity index (χ1v) is 16.4. The number of piperazine rings is 1. The van der Waals surface area contributed by atoms with E-state index in [1.807, 2.05) is 87.6 Å². The Morgan fingerprint density at radius 1 is 0.833 bits per heavy atom. The molecule has 7 rings (SSSR count). The summed E-state index contributed by atoms with van der Waals surface area (Å²) in [6.07, 6.45) is 0.628. The predicted octanol–water partition coefficient (Wildman–Crippen LogP) is 7.47. The van der Waals surface area contributed by atoms with Gasteiger partial charge in [0.05, 0.1) is 12.1 Å². The van der Waals surface area contributed by atoms with Crippen LogP contribution >= 0.6 is 0 Å². The number of likely N-dealkylation sites (N-methyl/N-ethyl adjacent to an activating group) is 1. The zero-order valence-corrected chi connectivity index (χ0v) is 27.4. The average Bonchev–Trinajstić information content (AvgIpc) is 3.45. The minimum absolute atomic E-state index is 0.180. The molecule has 2 aliphatic heterocycles. The van der Waals surface area contributed by atoms with Gasteiger partial charge in [-0.3, -0.25) is 9.78 Å². The fraction of sp³-hybridized carbons (Fsp3) is 0.256. The van der Waals surface area contributed by atoms with Crippen LogP contribution in [0.15, 0.2) is 103 Å². The van der Waals surface area contributed by atoms with E-state index in [0.717, 1.165) is 29.8 Å². The lowest BCUT2D eigenvalue weighted by molar-refractivity contribution is 0.0762. The number of halogens is 1. The topological polar surface area (TPSA) is 75.2 Å². The van der Waals surface area contributed by atoms with Crippen LogP contribution in [0.1, 0.15) is 52.6 Å². The summed E-state index contributed by atoms with van der Waals surface area (Å²) in [4.78, 5) is 38.1. The molecule has 0 atom stereocenters. The molecule has 0 spiro atoms. The van der Waals surface area contributed by atoms with Gasteiger partial charge in [0.25, 0.3) is 5.91 Å². The van der Waals surface area contributed by atoms with Crippen LogP contribution in [0, 0.1) is 5.82 Å². The molecule has 0 bridgehead atoms. The van der Waals surface area contributed by atoms with Crippen molar-refractivity contribution >= 4 is 22.9 Å². The molecule has 48 heavy (non-hydrogen) atoms. The largest absolute Gasteiger partial charge is 0.478 e. The van der Waals surface area contributed by atoms with E-state index in [9.17, 15) is 14.0 Å². The number of nitrogens with zero attached hydrogens (tertiary/aromatic N) is 4. The Hall–Kier alpha value is -5.28. The summed E-state index contributed by atoms with van der Waals surface area (Å²) in [5.41, 5.74) is 3.89. The number of carbonyl (C=O) groups is 2. The van der Waals surface area contributed by atoms with Crippen LogP contribution in [0.3, 0.4) is 0 Å². The lowest BCUT2D eigenvalue weighted by atomic mass is 9.99. The molecule has 8 nitrogen and oxygen atoms in total. The van der Waals surface area contributed by atoms with Gasteiger partial charge >= 0.3 is 6.09 Å². The van der Waals surface area contributed by atoms with Crippen molar-refractivity contribution in [3.05, 3.63) is 137 Å². The molecular formula is C39H39FN4O4. The van der Waals surface area contributed by atoms with Gasteiger partial charge in [-0.2, -0.15) is 0 Å². The van der Waals surface area contributed by atoms with E-state index in [0.29, 0.717) is 46.6 Å². The second kappa shape index (κ2) is 14.6. The smallest absolute Gasteiger partial charge is 0.415 e. The second-order valence-corrected chi connectivity index (χ2v) is 11.7. The molecule has 5 aromatic rings. The Morgan fingerprint density at radius 2 is 1.46 bits per heavy atom. The molecule has 9 heteroatoms. The van der Waals surface area contributed by atoms with Gasteiger partial charge in [-0.05, 0) is 48.0 Å². The van der Waals surface area contributed by atoms with Crippen molar-refractivity contribution in [2.24, 2.45) is 0 Å². The number of fused-ring (bicyclic) bond motifs is 2. The minimum Gasteiger partial charge on any atom is -0.478 e. The fourth-order valence-corrected chi connectivity index (χ4v) is 6.11. The quantitative estimate of drug-likeness (QED) is 0.183. The number of carbonyl (C=O) groups excluding carboxylic acids is 2. The van der Waals surface area contributed by atoms with Gasteiger partial charge in [0, 0.05) is 49.9 Å². The van der Waals surface area contributed by atoms with E-state index < -0.39 is 12.2 Å². The lowest BCUT2D eigenvalue weighted by Gasteiger charge is -2.31. The predicted molar refractivity (Wildman–Crippen MR) is 184 cm³/mol. The zero-order valence-electron chi connectivity index (χ0n) is 27.4. The Bertz CT molecular complexity index is 1840. The van der Waals surface area contributed by atoms with Crippen LogP contribution in [0.4, 0.5) is 9.18 Å². The van der Waals surface area contributed by atoms with Gasteiger partial charge in [-0.25, -0.2) is 9.18 Å². The van der Waals surface area contributed by atoms with Crippen molar-refractivity contribution in [3.8, 4) is 11.5 Å². The first-order valence-electron chi connectivity index (χ1n) is 16.4. The van der Waals surface area contributed by atoms with Crippen molar-refractivity contribution in [2.75, 3.05) is 33.2 Å². The standard InChI is InChI=1S/C37H33FN4O4.C2H6/c1-40-19-21-41(22-20-40)37(44)46-34-29-13-8-18-39-32(29)35(45-33(26-9-4-2-5-10-26)27-11-6-3-7-12-27)31-30(34)24-42(36(31)43)23-25-14-16-28(38)17-15-25;1-2/h2-18,33H,19-24H2,1H3;1-2H3. The number of hydrogen-bond donors (Lipinski definition) is 0. The van der Waals surface area contributed by atoms with E-state index in [4.69, 9.17) is 14.5 Å².